The summed E-state index contributed by atoms with van der Waals surface area (Å²) < 4.78 is 2.20. The van der Waals surface area contributed by atoms with Crippen LogP contribution in [0.4, 0.5) is 0 Å². The summed E-state index contributed by atoms with van der Waals surface area (Å²) in [6, 6.07) is 5.61. The smallest absolute Gasteiger partial charge is 0.194 e. The molecule has 3 rings (SSSR count). The number of nitrogens with zero attached hydrogens (tertiary/aromatic N) is 2. The van der Waals surface area contributed by atoms with Crippen LogP contribution in [0.15, 0.2) is 18.2 Å². The maximum atomic E-state index is 6.13. The fraction of sp³-hybridized carbons (Fsp3) is 0.267. The number of thiazole rings is 1. The Bertz CT molecular complexity index is 820. The molecule has 0 atom stereocenters. The Labute approximate surface area is 137 Å². The Balaban J connectivity index is 2.26. The minimum absolute atomic E-state index is 0.539. The van der Waals surface area contributed by atoms with Gasteiger partial charge in [0, 0.05) is 22.6 Å². The quantitative estimate of drug-likeness (QED) is 0.763. The van der Waals surface area contributed by atoms with Gasteiger partial charge in [-0.1, -0.05) is 29.3 Å². The summed E-state index contributed by atoms with van der Waals surface area (Å²) in [6.45, 7) is 4.80. The van der Waals surface area contributed by atoms with E-state index >= 15 is 0 Å². The van der Waals surface area contributed by atoms with Gasteiger partial charge >= 0.3 is 0 Å². The van der Waals surface area contributed by atoms with Crippen molar-refractivity contribution in [3.8, 4) is 11.3 Å². The zero-order chi connectivity index (χ0) is 15.1. The second-order valence-electron chi connectivity index (χ2n) is 4.94. The lowest BCUT2D eigenvalue weighted by Gasteiger charge is -2.06. The van der Waals surface area contributed by atoms with Crippen molar-refractivity contribution in [3.63, 3.8) is 0 Å². The first-order valence-corrected chi connectivity index (χ1v) is 8.23. The summed E-state index contributed by atoms with van der Waals surface area (Å²) in [5.41, 5.74) is 10.0. The van der Waals surface area contributed by atoms with E-state index in [1.807, 2.05) is 12.1 Å². The van der Waals surface area contributed by atoms with E-state index in [1.54, 1.807) is 17.4 Å². The average Bonchev–Trinajstić information content (AvgIpc) is 2.92. The molecule has 0 radical (unpaired) electrons. The van der Waals surface area contributed by atoms with Crippen LogP contribution in [0.5, 0.6) is 0 Å². The molecule has 0 bridgehead atoms. The molecule has 0 fully saturated rings. The van der Waals surface area contributed by atoms with E-state index in [9.17, 15) is 0 Å². The summed E-state index contributed by atoms with van der Waals surface area (Å²) in [5, 5.41) is 1.09. The van der Waals surface area contributed by atoms with E-state index < -0.39 is 0 Å². The van der Waals surface area contributed by atoms with Gasteiger partial charge < -0.3 is 5.73 Å². The minimum Gasteiger partial charge on any atom is -0.330 e. The van der Waals surface area contributed by atoms with Crippen molar-refractivity contribution >= 4 is 39.5 Å². The number of hydrogen-bond donors (Lipinski definition) is 1. The van der Waals surface area contributed by atoms with Crippen molar-refractivity contribution in [1.29, 1.82) is 0 Å². The number of benzene rings is 1. The van der Waals surface area contributed by atoms with Gasteiger partial charge in [-0.05, 0) is 32.5 Å². The highest BCUT2D eigenvalue weighted by atomic mass is 35.5. The van der Waals surface area contributed by atoms with Crippen LogP contribution in [0.3, 0.4) is 0 Å². The molecule has 2 aromatic heterocycles. The molecule has 0 spiro atoms. The molecule has 2 N–H and O–H groups in total. The van der Waals surface area contributed by atoms with Gasteiger partial charge in [-0.15, -0.1) is 11.3 Å². The molecular weight excluding hydrogens is 325 g/mol. The Morgan fingerprint density at radius 2 is 2.00 bits per heavy atom. The topological polar surface area (TPSA) is 43.3 Å². The van der Waals surface area contributed by atoms with E-state index in [4.69, 9.17) is 33.9 Å². The van der Waals surface area contributed by atoms with Gasteiger partial charge in [-0.3, -0.25) is 4.40 Å². The van der Waals surface area contributed by atoms with Crippen LogP contribution in [-0.2, 0) is 6.42 Å². The standard InChI is InChI=1S/C15H15Cl2N3S/c1-8-9(2)21-15-19-14(13(5-6-18)20(8)15)10-3-4-11(16)12(17)7-10/h3-4,7H,5-6,18H2,1-2H3. The minimum atomic E-state index is 0.539. The van der Waals surface area contributed by atoms with Gasteiger partial charge in [0.1, 0.15) is 0 Å². The molecule has 110 valence electrons. The highest BCUT2D eigenvalue weighted by Crippen LogP contribution is 2.33. The third kappa shape index (κ3) is 2.46. The first kappa shape index (κ1) is 14.9. The number of halogens is 2. The lowest BCUT2D eigenvalue weighted by atomic mass is 10.1. The number of hydrogen-bond acceptors (Lipinski definition) is 3. The SMILES string of the molecule is Cc1sc2nc(-c3ccc(Cl)c(Cl)c3)c(CCN)n2c1C. The van der Waals surface area contributed by atoms with Crippen LogP contribution < -0.4 is 5.73 Å². The Hall–Kier alpha value is -1.07. The Morgan fingerprint density at radius 3 is 2.67 bits per heavy atom. The van der Waals surface area contributed by atoms with Crippen LogP contribution >= 0.6 is 34.5 Å². The van der Waals surface area contributed by atoms with E-state index in [1.165, 1.54) is 10.6 Å². The summed E-state index contributed by atoms with van der Waals surface area (Å²) in [4.78, 5) is 7.05. The Morgan fingerprint density at radius 1 is 1.24 bits per heavy atom. The van der Waals surface area contributed by atoms with Gasteiger partial charge in [0.05, 0.1) is 21.4 Å². The number of imidazole rings is 1. The highest BCUT2D eigenvalue weighted by molar-refractivity contribution is 7.17. The molecule has 3 aromatic rings. The summed E-state index contributed by atoms with van der Waals surface area (Å²) in [5.74, 6) is 0. The van der Waals surface area contributed by atoms with Crippen LogP contribution in [0, 0.1) is 13.8 Å². The fourth-order valence-electron chi connectivity index (χ4n) is 2.46. The zero-order valence-corrected chi connectivity index (χ0v) is 14.1. The molecule has 1 aromatic carbocycles. The number of nitrogens with two attached hydrogens (primary N) is 1. The molecule has 0 saturated carbocycles. The van der Waals surface area contributed by atoms with Gasteiger partial charge in [0.2, 0.25) is 0 Å². The molecule has 21 heavy (non-hydrogen) atoms. The number of aryl methyl sites for hydroxylation is 2. The molecule has 0 aliphatic rings. The zero-order valence-electron chi connectivity index (χ0n) is 11.8. The number of aromatic nitrogens is 2. The molecule has 0 saturated heterocycles. The van der Waals surface area contributed by atoms with Gasteiger partial charge in [0.15, 0.2) is 4.96 Å². The van der Waals surface area contributed by atoms with Gasteiger partial charge in [-0.2, -0.15) is 0 Å². The van der Waals surface area contributed by atoms with Gasteiger partial charge in [-0.25, -0.2) is 4.98 Å². The molecular formula is C15H15Cl2N3S. The van der Waals surface area contributed by atoms with E-state index in [0.717, 1.165) is 28.3 Å². The molecule has 0 amide bonds. The second-order valence-corrected chi connectivity index (χ2v) is 6.93. The number of rotatable bonds is 3. The number of fused-ring (bicyclic) bond motifs is 1. The first-order chi connectivity index (χ1) is 10.0. The van der Waals surface area contributed by atoms with Crippen molar-refractivity contribution in [3.05, 3.63) is 44.5 Å². The monoisotopic (exact) mass is 339 g/mol. The molecule has 6 heteroatoms. The normalized spacial score (nSPS) is 11.5. The lowest BCUT2D eigenvalue weighted by Crippen LogP contribution is -2.06. The van der Waals surface area contributed by atoms with Crippen molar-refractivity contribution in [2.75, 3.05) is 6.54 Å². The van der Waals surface area contributed by atoms with Crippen LogP contribution in [-0.4, -0.2) is 15.9 Å². The maximum absolute atomic E-state index is 6.13. The fourth-order valence-corrected chi connectivity index (χ4v) is 3.74. The molecule has 0 aliphatic heterocycles. The van der Waals surface area contributed by atoms with Gasteiger partial charge in [0.25, 0.3) is 0 Å². The largest absolute Gasteiger partial charge is 0.330 e. The van der Waals surface area contributed by atoms with Crippen LogP contribution in [0.1, 0.15) is 16.3 Å². The molecule has 0 aliphatic carbocycles. The Kier molecular flexibility index (Phi) is 3.97. The van der Waals surface area contributed by atoms with E-state index in [0.29, 0.717) is 16.6 Å². The van der Waals surface area contributed by atoms with Crippen molar-refractivity contribution in [2.45, 2.75) is 20.3 Å². The highest BCUT2D eigenvalue weighted by Gasteiger charge is 2.18. The predicted octanol–water partition coefficient (Wildman–Crippen LogP) is 4.49. The second kappa shape index (κ2) is 5.61. The maximum Gasteiger partial charge on any atom is 0.194 e. The predicted molar refractivity (Wildman–Crippen MR) is 90.8 cm³/mol. The van der Waals surface area contributed by atoms with Crippen LogP contribution in [0.2, 0.25) is 10.0 Å². The average molecular weight is 340 g/mol. The lowest BCUT2D eigenvalue weighted by molar-refractivity contribution is 0.895. The third-order valence-electron chi connectivity index (χ3n) is 3.61. The molecule has 3 nitrogen and oxygen atoms in total. The molecule has 0 unspecified atom stereocenters. The summed E-state index contributed by atoms with van der Waals surface area (Å²) in [7, 11) is 0. The van der Waals surface area contributed by atoms with Crippen molar-refractivity contribution in [1.82, 2.24) is 9.38 Å². The third-order valence-corrected chi connectivity index (χ3v) is 5.40. The summed E-state index contributed by atoms with van der Waals surface area (Å²) in [6.07, 6.45) is 0.772. The molecule has 2 heterocycles. The first-order valence-electron chi connectivity index (χ1n) is 6.65. The van der Waals surface area contributed by atoms with E-state index in [-0.39, 0.29) is 0 Å². The van der Waals surface area contributed by atoms with E-state index in [2.05, 4.69) is 18.2 Å². The van der Waals surface area contributed by atoms with Crippen LogP contribution in [0.25, 0.3) is 16.2 Å². The van der Waals surface area contributed by atoms with Crippen molar-refractivity contribution < 1.29 is 0 Å². The summed E-state index contributed by atoms with van der Waals surface area (Å²) >= 11 is 13.8. The van der Waals surface area contributed by atoms with Crippen molar-refractivity contribution in [2.24, 2.45) is 5.73 Å².